The molecule has 4 rings (SSSR count). The number of carbonyl (C=O) groups excluding carboxylic acids is 4. The van der Waals surface area contributed by atoms with Crippen LogP contribution in [0.5, 0.6) is 5.75 Å². The summed E-state index contributed by atoms with van der Waals surface area (Å²) < 4.78 is 21.7. The molecule has 11 heteroatoms. The first-order valence-corrected chi connectivity index (χ1v) is 12.8. The molecule has 1 heterocycles. The van der Waals surface area contributed by atoms with E-state index in [1.165, 1.54) is 26.0 Å². The van der Waals surface area contributed by atoms with Gasteiger partial charge < -0.3 is 24.3 Å². The number of esters is 3. The second-order valence-electron chi connectivity index (χ2n) is 8.92. The first-order valence-electron chi connectivity index (χ1n) is 12.8. The lowest BCUT2D eigenvalue weighted by Gasteiger charge is -2.28. The Bertz CT molecular complexity index is 1570. The third kappa shape index (κ3) is 5.99. The van der Waals surface area contributed by atoms with Crippen molar-refractivity contribution in [3.63, 3.8) is 0 Å². The maximum Gasteiger partial charge on any atom is 0.359 e. The van der Waals surface area contributed by atoms with Gasteiger partial charge in [0, 0.05) is 11.1 Å². The molecule has 0 spiro atoms. The average Bonchev–Trinajstić information content (AvgIpc) is 3.44. The number of hydrogen-bond donors (Lipinski definition) is 1. The molecule has 1 N–H and O–H groups in total. The minimum atomic E-state index is -1.36. The maximum atomic E-state index is 13.4. The van der Waals surface area contributed by atoms with Crippen molar-refractivity contribution in [3.8, 4) is 17.0 Å². The predicted molar refractivity (Wildman–Crippen MR) is 151 cm³/mol. The zero-order valence-corrected chi connectivity index (χ0v) is 23.4. The van der Waals surface area contributed by atoms with Gasteiger partial charge in [0.15, 0.2) is 11.7 Å². The van der Waals surface area contributed by atoms with E-state index in [0.717, 1.165) is 7.11 Å². The fourth-order valence-corrected chi connectivity index (χ4v) is 4.53. The molecule has 0 saturated carbocycles. The van der Waals surface area contributed by atoms with Crippen LogP contribution < -0.4 is 10.1 Å². The van der Waals surface area contributed by atoms with Crippen molar-refractivity contribution in [1.82, 2.24) is 15.1 Å². The van der Waals surface area contributed by atoms with Crippen LogP contribution in [0.15, 0.2) is 84.9 Å². The molecule has 4 aromatic rings. The molecule has 42 heavy (non-hydrogen) atoms. The zero-order valence-electron chi connectivity index (χ0n) is 23.4. The quantitative estimate of drug-likeness (QED) is 0.223. The molecule has 11 nitrogen and oxygen atoms in total. The lowest BCUT2D eigenvalue weighted by atomic mass is 9.97. The number of benzene rings is 3. The van der Waals surface area contributed by atoms with Crippen molar-refractivity contribution in [3.05, 3.63) is 107 Å². The molecule has 0 unspecified atom stereocenters. The molecule has 1 aromatic heterocycles. The van der Waals surface area contributed by atoms with E-state index in [0.29, 0.717) is 22.4 Å². The number of rotatable bonds is 10. The monoisotopic (exact) mass is 571 g/mol. The third-order valence-electron chi connectivity index (χ3n) is 6.54. The topological polar surface area (TPSA) is 135 Å². The molecule has 0 fully saturated rings. The van der Waals surface area contributed by atoms with E-state index < -0.39 is 35.9 Å². The minimum Gasteiger partial charge on any atom is -0.497 e. The zero-order chi connectivity index (χ0) is 30.2. The van der Waals surface area contributed by atoms with Crippen molar-refractivity contribution in [2.24, 2.45) is 0 Å². The standard InChI is InChI=1S/C31H29N3O8/c1-39-22-17-15-20(16-18-22)26-23(29(36)40-2)24(30(37)41-3)33-34(26)27(19-11-7-5-8-12-19)25(31(38)42-4)32-28(35)21-13-9-6-10-14-21/h5-18,25,27H,1-4H3,(H,32,35)/t25-,27-/m1/s1. The molecule has 216 valence electrons. The highest BCUT2D eigenvalue weighted by Gasteiger charge is 2.39. The van der Waals surface area contributed by atoms with E-state index in [-0.39, 0.29) is 17.0 Å². The largest absolute Gasteiger partial charge is 0.497 e. The highest BCUT2D eigenvalue weighted by Crippen LogP contribution is 2.35. The van der Waals surface area contributed by atoms with Crippen molar-refractivity contribution in [2.75, 3.05) is 28.4 Å². The number of methoxy groups -OCH3 is 4. The van der Waals surface area contributed by atoms with Crippen LogP contribution in [0.3, 0.4) is 0 Å². The van der Waals surface area contributed by atoms with Crippen LogP contribution in [0, 0.1) is 0 Å². The average molecular weight is 572 g/mol. The summed E-state index contributed by atoms with van der Waals surface area (Å²) in [5, 5.41) is 7.28. The van der Waals surface area contributed by atoms with Gasteiger partial charge in [-0.15, -0.1) is 0 Å². The summed E-state index contributed by atoms with van der Waals surface area (Å²) in [5.41, 5.74) is 0.882. The molecule has 0 radical (unpaired) electrons. The van der Waals surface area contributed by atoms with E-state index >= 15 is 0 Å². The summed E-state index contributed by atoms with van der Waals surface area (Å²) in [4.78, 5) is 52.9. The molecular formula is C31H29N3O8. The van der Waals surface area contributed by atoms with Crippen LogP contribution in [0.25, 0.3) is 11.3 Å². The molecule has 2 atom stereocenters. The van der Waals surface area contributed by atoms with Crippen LogP contribution in [-0.2, 0) is 19.0 Å². The van der Waals surface area contributed by atoms with Gasteiger partial charge in [0.2, 0.25) is 0 Å². The number of amides is 1. The van der Waals surface area contributed by atoms with Crippen molar-refractivity contribution in [1.29, 1.82) is 0 Å². The summed E-state index contributed by atoms with van der Waals surface area (Å²) in [6, 6.07) is 21.3. The van der Waals surface area contributed by atoms with Gasteiger partial charge in [-0.2, -0.15) is 5.10 Å². The summed E-state index contributed by atoms with van der Waals surface area (Å²) in [6.07, 6.45) is 0. The van der Waals surface area contributed by atoms with Crippen molar-refractivity contribution in [2.45, 2.75) is 12.1 Å². The van der Waals surface area contributed by atoms with Gasteiger partial charge in [0.25, 0.3) is 5.91 Å². The Morgan fingerprint density at radius 2 is 1.33 bits per heavy atom. The Morgan fingerprint density at radius 1 is 0.738 bits per heavy atom. The SMILES string of the molecule is COC(=O)c1nn([C@H](c2ccccc2)[C@@H](NC(=O)c2ccccc2)C(=O)OC)c(-c2ccc(OC)cc2)c1C(=O)OC. The van der Waals surface area contributed by atoms with Crippen LogP contribution in [0.4, 0.5) is 0 Å². The molecule has 0 aliphatic carbocycles. The van der Waals surface area contributed by atoms with E-state index in [2.05, 4.69) is 10.4 Å². The smallest absolute Gasteiger partial charge is 0.359 e. The van der Waals surface area contributed by atoms with Crippen molar-refractivity contribution >= 4 is 23.8 Å². The summed E-state index contributed by atoms with van der Waals surface area (Å²) in [5.74, 6) is -2.56. The van der Waals surface area contributed by atoms with E-state index in [9.17, 15) is 19.2 Å². The van der Waals surface area contributed by atoms with E-state index in [1.807, 2.05) is 0 Å². The molecule has 0 saturated heterocycles. The van der Waals surface area contributed by atoms with Crippen LogP contribution in [-0.4, -0.2) is 68.1 Å². The molecular weight excluding hydrogens is 542 g/mol. The number of nitrogens with one attached hydrogen (secondary N) is 1. The van der Waals surface area contributed by atoms with Gasteiger partial charge >= 0.3 is 17.9 Å². The lowest BCUT2D eigenvalue weighted by molar-refractivity contribution is -0.143. The van der Waals surface area contributed by atoms with Gasteiger partial charge in [0.05, 0.1) is 34.1 Å². The van der Waals surface area contributed by atoms with Crippen LogP contribution in [0.1, 0.15) is 42.8 Å². The Labute approximate surface area is 242 Å². The van der Waals surface area contributed by atoms with Gasteiger partial charge in [-0.25, -0.2) is 14.4 Å². The van der Waals surface area contributed by atoms with Gasteiger partial charge in [-0.1, -0.05) is 48.5 Å². The number of aromatic nitrogens is 2. The molecule has 0 bridgehead atoms. The van der Waals surface area contributed by atoms with Crippen LogP contribution >= 0.6 is 0 Å². The molecule has 0 aliphatic rings. The summed E-state index contributed by atoms with van der Waals surface area (Å²) in [6.45, 7) is 0. The normalized spacial score (nSPS) is 12.0. The second-order valence-corrected chi connectivity index (χ2v) is 8.92. The minimum absolute atomic E-state index is 0.140. The Hall–Kier alpha value is -5.45. The first-order chi connectivity index (χ1) is 20.3. The van der Waals surface area contributed by atoms with Crippen molar-refractivity contribution < 1.29 is 38.1 Å². The van der Waals surface area contributed by atoms with Gasteiger partial charge in [-0.05, 0) is 42.0 Å². The van der Waals surface area contributed by atoms with Crippen LogP contribution in [0.2, 0.25) is 0 Å². The summed E-state index contributed by atoms with van der Waals surface area (Å²) in [7, 11) is 5.03. The summed E-state index contributed by atoms with van der Waals surface area (Å²) >= 11 is 0. The van der Waals surface area contributed by atoms with Gasteiger partial charge in [0.1, 0.15) is 17.4 Å². The number of ether oxygens (including phenoxy) is 4. The molecule has 1 amide bonds. The highest BCUT2D eigenvalue weighted by molar-refractivity contribution is 6.06. The Kier molecular flexibility index (Phi) is 9.33. The fourth-order valence-electron chi connectivity index (χ4n) is 4.53. The Morgan fingerprint density at radius 3 is 1.88 bits per heavy atom. The first kappa shape index (κ1) is 29.5. The van der Waals surface area contributed by atoms with E-state index in [1.54, 1.807) is 84.9 Å². The number of nitrogens with zero attached hydrogens (tertiary/aromatic N) is 2. The third-order valence-corrected chi connectivity index (χ3v) is 6.54. The second kappa shape index (κ2) is 13.3. The molecule has 0 aliphatic heterocycles. The molecule has 3 aromatic carbocycles. The lowest BCUT2D eigenvalue weighted by Crippen LogP contribution is -2.48. The number of hydrogen-bond acceptors (Lipinski definition) is 9. The van der Waals surface area contributed by atoms with Gasteiger partial charge in [-0.3, -0.25) is 9.48 Å². The Balaban J connectivity index is 2.04. The predicted octanol–water partition coefficient (Wildman–Crippen LogP) is 3.69. The highest BCUT2D eigenvalue weighted by atomic mass is 16.5. The number of carbonyl (C=O) groups is 4. The van der Waals surface area contributed by atoms with E-state index in [4.69, 9.17) is 18.9 Å². The maximum absolute atomic E-state index is 13.4. The fraction of sp³-hybridized carbons (Fsp3) is 0.194.